The van der Waals surface area contributed by atoms with Crippen LogP contribution in [0.25, 0.3) is 0 Å². The molecule has 29 heavy (non-hydrogen) atoms. The molecule has 0 fully saturated rings. The Morgan fingerprint density at radius 1 is 1.00 bits per heavy atom. The van der Waals surface area contributed by atoms with Crippen LogP contribution in [0.4, 0.5) is 5.69 Å². The zero-order chi connectivity index (χ0) is 21.8. The Morgan fingerprint density at radius 3 is 2.00 bits per heavy atom. The van der Waals surface area contributed by atoms with Crippen LogP contribution in [-0.4, -0.2) is 26.6 Å². The molecule has 6 heteroatoms. The maximum absolute atomic E-state index is 12.6. The molecular formula is C23H32N2O3S. The van der Waals surface area contributed by atoms with E-state index in [1.165, 1.54) is 9.87 Å². The van der Waals surface area contributed by atoms with Crippen LogP contribution in [0, 0.1) is 0 Å². The van der Waals surface area contributed by atoms with Gasteiger partial charge in [-0.3, -0.25) is 9.10 Å². The topological polar surface area (TPSA) is 66.5 Å². The van der Waals surface area contributed by atoms with Crippen LogP contribution in [0.5, 0.6) is 0 Å². The molecule has 1 N–H and O–H groups in total. The predicted octanol–water partition coefficient (Wildman–Crippen LogP) is 4.65. The van der Waals surface area contributed by atoms with E-state index in [9.17, 15) is 13.2 Å². The Balaban J connectivity index is 2.11. The number of carbonyl (C=O) groups is 1. The molecule has 5 nitrogen and oxygen atoms in total. The summed E-state index contributed by atoms with van der Waals surface area (Å²) in [5.74, 6) is -0.153. The van der Waals surface area contributed by atoms with E-state index in [0.29, 0.717) is 17.8 Å². The monoisotopic (exact) mass is 416 g/mol. The van der Waals surface area contributed by atoms with E-state index in [-0.39, 0.29) is 23.1 Å². The average Bonchev–Trinajstić information content (AvgIpc) is 2.68. The summed E-state index contributed by atoms with van der Waals surface area (Å²) in [6.45, 7) is 12.2. The van der Waals surface area contributed by atoms with Crippen LogP contribution in [0.15, 0.2) is 48.5 Å². The van der Waals surface area contributed by atoms with E-state index in [1.54, 1.807) is 38.1 Å². The van der Waals surface area contributed by atoms with Gasteiger partial charge in [-0.1, -0.05) is 45.0 Å². The second kappa shape index (κ2) is 8.99. The van der Waals surface area contributed by atoms with Gasteiger partial charge in [0, 0.05) is 12.1 Å². The van der Waals surface area contributed by atoms with E-state index in [2.05, 4.69) is 38.2 Å². The first-order valence-corrected chi connectivity index (χ1v) is 11.6. The molecule has 0 aliphatic carbocycles. The van der Waals surface area contributed by atoms with Crippen LogP contribution in [0.3, 0.4) is 0 Å². The van der Waals surface area contributed by atoms with Gasteiger partial charge in [0.1, 0.15) is 0 Å². The summed E-state index contributed by atoms with van der Waals surface area (Å²) in [6.07, 6.45) is 0. The lowest BCUT2D eigenvalue weighted by Gasteiger charge is -2.22. The lowest BCUT2D eigenvalue weighted by Crippen LogP contribution is -2.32. The van der Waals surface area contributed by atoms with Gasteiger partial charge in [0.15, 0.2) is 0 Å². The van der Waals surface area contributed by atoms with Crippen molar-refractivity contribution in [2.24, 2.45) is 0 Å². The maximum Gasteiger partial charge on any atom is 0.251 e. The number of sulfonamides is 1. The summed E-state index contributed by atoms with van der Waals surface area (Å²) in [4.78, 5) is 12.6. The Morgan fingerprint density at radius 2 is 1.55 bits per heavy atom. The Hall–Kier alpha value is -2.34. The third-order valence-electron chi connectivity index (χ3n) is 5.03. The Bertz CT molecular complexity index is 928. The summed E-state index contributed by atoms with van der Waals surface area (Å²) >= 11 is 0. The van der Waals surface area contributed by atoms with Crippen LogP contribution < -0.4 is 9.62 Å². The van der Waals surface area contributed by atoms with Crippen LogP contribution in [0.2, 0.25) is 0 Å². The highest BCUT2D eigenvalue weighted by Crippen LogP contribution is 2.24. The average molecular weight is 417 g/mol. The van der Waals surface area contributed by atoms with E-state index in [0.717, 1.165) is 5.56 Å². The Labute approximate surface area is 175 Å². The molecule has 0 spiro atoms. The van der Waals surface area contributed by atoms with Gasteiger partial charge in [0.05, 0.1) is 17.5 Å². The second-order valence-corrected chi connectivity index (χ2v) is 10.4. The molecular weight excluding hydrogens is 384 g/mol. The van der Waals surface area contributed by atoms with E-state index >= 15 is 0 Å². The molecule has 0 aliphatic heterocycles. The molecule has 1 amide bonds. The first-order valence-electron chi connectivity index (χ1n) is 10.0. The summed E-state index contributed by atoms with van der Waals surface area (Å²) in [7, 11) is -3.33. The highest BCUT2D eigenvalue weighted by atomic mass is 32.2. The molecule has 158 valence electrons. The number of nitrogens with one attached hydrogen (secondary N) is 1. The molecule has 2 rings (SSSR count). The zero-order valence-electron chi connectivity index (χ0n) is 18.2. The van der Waals surface area contributed by atoms with Gasteiger partial charge in [-0.25, -0.2) is 8.42 Å². The molecule has 0 saturated carbocycles. The van der Waals surface area contributed by atoms with Gasteiger partial charge >= 0.3 is 0 Å². The fourth-order valence-electron chi connectivity index (χ4n) is 3.11. The van der Waals surface area contributed by atoms with Crippen LogP contribution >= 0.6 is 0 Å². The SMILES string of the molecule is CCN(c1ccc(C(=O)N[C@@H](C)c2ccc(C(C)(C)C)cc2)cc1)S(=O)(=O)CC. The van der Waals surface area contributed by atoms with Crippen molar-refractivity contribution < 1.29 is 13.2 Å². The van der Waals surface area contributed by atoms with Crippen molar-refractivity contribution in [3.05, 3.63) is 65.2 Å². The number of rotatable bonds is 7. The largest absolute Gasteiger partial charge is 0.346 e. The lowest BCUT2D eigenvalue weighted by atomic mass is 9.86. The minimum atomic E-state index is -3.33. The third-order valence-corrected chi connectivity index (χ3v) is 6.90. The van der Waals surface area contributed by atoms with Crippen molar-refractivity contribution in [2.75, 3.05) is 16.6 Å². The molecule has 1 atom stereocenters. The van der Waals surface area contributed by atoms with Gasteiger partial charge in [0.25, 0.3) is 5.91 Å². The summed E-state index contributed by atoms with van der Waals surface area (Å²) < 4.78 is 25.7. The van der Waals surface area contributed by atoms with Gasteiger partial charge in [-0.15, -0.1) is 0 Å². The molecule has 0 heterocycles. The van der Waals surface area contributed by atoms with Gasteiger partial charge < -0.3 is 5.32 Å². The van der Waals surface area contributed by atoms with Crippen molar-refractivity contribution in [2.45, 2.75) is 53.0 Å². The molecule has 0 saturated heterocycles. The molecule has 0 unspecified atom stereocenters. The number of amides is 1. The fourth-order valence-corrected chi connectivity index (χ4v) is 4.26. The molecule has 0 aromatic heterocycles. The van der Waals surface area contributed by atoms with Crippen LogP contribution in [-0.2, 0) is 15.4 Å². The van der Waals surface area contributed by atoms with Gasteiger partial charge in [-0.05, 0) is 61.6 Å². The standard InChI is InChI=1S/C23H32N2O3S/c1-7-25(29(27,28)8-2)21-15-11-19(12-16-21)22(26)24-17(3)18-9-13-20(14-10-18)23(4,5)6/h9-17H,7-8H2,1-6H3,(H,24,26)/t17-/m0/s1. The van der Waals surface area contributed by atoms with E-state index in [1.807, 2.05) is 19.1 Å². The van der Waals surface area contributed by atoms with Crippen molar-refractivity contribution >= 4 is 21.6 Å². The molecule has 2 aromatic carbocycles. The summed E-state index contributed by atoms with van der Waals surface area (Å²) in [5, 5.41) is 3.00. The van der Waals surface area contributed by atoms with Crippen molar-refractivity contribution in [1.82, 2.24) is 5.32 Å². The highest BCUT2D eigenvalue weighted by molar-refractivity contribution is 7.92. The van der Waals surface area contributed by atoms with Gasteiger partial charge in [0.2, 0.25) is 10.0 Å². The first-order chi connectivity index (χ1) is 13.5. The highest BCUT2D eigenvalue weighted by Gasteiger charge is 2.19. The quantitative estimate of drug-likeness (QED) is 0.714. The number of nitrogens with zero attached hydrogens (tertiary/aromatic N) is 1. The van der Waals surface area contributed by atoms with Gasteiger partial charge in [-0.2, -0.15) is 0 Å². The molecule has 2 aromatic rings. The molecule has 0 bridgehead atoms. The lowest BCUT2D eigenvalue weighted by molar-refractivity contribution is 0.0940. The molecule has 0 radical (unpaired) electrons. The zero-order valence-corrected chi connectivity index (χ0v) is 19.0. The van der Waals surface area contributed by atoms with Crippen molar-refractivity contribution in [3.63, 3.8) is 0 Å². The van der Waals surface area contributed by atoms with Crippen LogP contribution in [0.1, 0.15) is 69.1 Å². The fraction of sp³-hybridized carbons (Fsp3) is 0.435. The number of benzene rings is 2. The number of carbonyl (C=O) groups excluding carboxylic acids is 1. The smallest absolute Gasteiger partial charge is 0.251 e. The predicted molar refractivity (Wildman–Crippen MR) is 120 cm³/mol. The maximum atomic E-state index is 12.6. The summed E-state index contributed by atoms with van der Waals surface area (Å²) in [6, 6.07) is 14.8. The normalized spacial score (nSPS) is 13.0. The van der Waals surface area contributed by atoms with Crippen molar-refractivity contribution in [1.29, 1.82) is 0 Å². The van der Waals surface area contributed by atoms with E-state index in [4.69, 9.17) is 0 Å². The third kappa shape index (κ3) is 5.60. The van der Waals surface area contributed by atoms with E-state index < -0.39 is 10.0 Å². The minimum absolute atomic E-state index is 0.0363. The van der Waals surface area contributed by atoms with Crippen molar-refractivity contribution in [3.8, 4) is 0 Å². The summed E-state index contributed by atoms with van der Waals surface area (Å²) in [5.41, 5.74) is 3.44. The first kappa shape index (κ1) is 22.9. The number of anilines is 1. The number of hydrogen-bond acceptors (Lipinski definition) is 3. The number of hydrogen-bond donors (Lipinski definition) is 1. The minimum Gasteiger partial charge on any atom is -0.346 e. The Kier molecular flexibility index (Phi) is 7.11. The second-order valence-electron chi connectivity index (χ2n) is 8.18. The molecule has 0 aliphatic rings.